The third kappa shape index (κ3) is 10.9. The third-order valence-corrected chi connectivity index (χ3v) is 4.28. The molecule has 0 saturated carbocycles. The molecular weight excluding hydrogens is 411 g/mol. The molecule has 5 nitrogen and oxygen atoms in total. The number of hydrogen-bond acceptors (Lipinski definition) is 4. The fraction of sp³-hybridized carbons (Fsp3) is 0.933. The minimum atomic E-state index is 0. The topological polar surface area (TPSA) is 48.9 Å². The van der Waals surface area contributed by atoms with E-state index in [9.17, 15) is 0 Å². The molecule has 2 N–H and O–H groups in total. The first kappa shape index (κ1) is 22.3. The summed E-state index contributed by atoms with van der Waals surface area (Å²) in [5.74, 6) is 2.77. The Labute approximate surface area is 157 Å². The van der Waals surface area contributed by atoms with Gasteiger partial charge in [-0.1, -0.05) is 6.92 Å². The lowest BCUT2D eigenvalue weighted by molar-refractivity contribution is 0.0320. The van der Waals surface area contributed by atoms with Crippen molar-refractivity contribution in [3.05, 3.63) is 0 Å². The zero-order chi connectivity index (χ0) is 15.3. The molecule has 1 unspecified atom stereocenters. The molecule has 0 spiro atoms. The van der Waals surface area contributed by atoms with Crippen molar-refractivity contribution in [2.24, 2.45) is 10.9 Å². The van der Waals surface area contributed by atoms with Crippen molar-refractivity contribution >= 4 is 41.7 Å². The van der Waals surface area contributed by atoms with Crippen LogP contribution in [0.5, 0.6) is 0 Å². The Morgan fingerprint density at radius 3 is 2.64 bits per heavy atom. The van der Waals surface area contributed by atoms with Crippen LogP contribution in [-0.2, 0) is 4.74 Å². The number of hydrogen-bond donors (Lipinski definition) is 2. The van der Waals surface area contributed by atoms with Crippen molar-refractivity contribution in [3.8, 4) is 0 Å². The second-order valence-electron chi connectivity index (χ2n) is 5.60. The molecule has 0 aromatic heterocycles. The number of nitrogens with zero attached hydrogens (tertiary/aromatic N) is 2. The van der Waals surface area contributed by atoms with Crippen LogP contribution in [0.1, 0.15) is 19.8 Å². The maximum atomic E-state index is 5.38. The molecule has 22 heavy (non-hydrogen) atoms. The molecule has 1 aliphatic rings. The highest BCUT2D eigenvalue weighted by atomic mass is 127. The highest BCUT2D eigenvalue weighted by Gasteiger charge is 2.13. The maximum absolute atomic E-state index is 5.38. The number of nitrogens with one attached hydrogen (secondary N) is 2. The Bertz CT molecular complexity index is 289. The standard InChI is InChI=1S/C15H32N4OS.HI/c1-14(13-19-7-9-20-10-8-19)12-18-15(16-2)17-6-4-5-11-21-3;/h14H,4-13H2,1-3H3,(H2,16,17,18);1H. The molecule has 0 amide bonds. The zero-order valence-electron chi connectivity index (χ0n) is 14.3. The van der Waals surface area contributed by atoms with Crippen LogP contribution in [0.2, 0.25) is 0 Å². The fourth-order valence-corrected chi connectivity index (χ4v) is 2.85. The summed E-state index contributed by atoms with van der Waals surface area (Å²) in [4.78, 5) is 6.76. The quantitative estimate of drug-likeness (QED) is 0.246. The summed E-state index contributed by atoms with van der Waals surface area (Å²) in [6.45, 7) is 9.24. The molecule has 1 saturated heterocycles. The molecule has 0 aromatic rings. The summed E-state index contributed by atoms with van der Waals surface area (Å²) in [6, 6.07) is 0. The van der Waals surface area contributed by atoms with Gasteiger partial charge in [-0.15, -0.1) is 24.0 Å². The van der Waals surface area contributed by atoms with E-state index in [-0.39, 0.29) is 24.0 Å². The van der Waals surface area contributed by atoms with E-state index >= 15 is 0 Å². The Balaban J connectivity index is 0.00000441. The SMILES string of the molecule is CN=C(NCCCCSC)NCC(C)CN1CCOCC1.I. The fourth-order valence-electron chi connectivity index (χ4n) is 2.36. The summed E-state index contributed by atoms with van der Waals surface area (Å²) < 4.78 is 5.38. The van der Waals surface area contributed by atoms with Gasteiger partial charge in [-0.3, -0.25) is 9.89 Å². The first-order valence-electron chi connectivity index (χ1n) is 7.99. The predicted octanol–water partition coefficient (Wildman–Crippen LogP) is 1.88. The van der Waals surface area contributed by atoms with Gasteiger partial charge in [0, 0.05) is 39.8 Å². The van der Waals surface area contributed by atoms with Gasteiger partial charge in [-0.25, -0.2) is 0 Å². The van der Waals surface area contributed by atoms with E-state index in [1.54, 1.807) is 0 Å². The van der Waals surface area contributed by atoms with Gasteiger partial charge >= 0.3 is 0 Å². The number of ether oxygens (including phenoxy) is 1. The van der Waals surface area contributed by atoms with Crippen LogP contribution >= 0.6 is 35.7 Å². The molecule has 1 heterocycles. The lowest BCUT2D eigenvalue weighted by Crippen LogP contribution is -2.44. The molecular formula is C15H33IN4OS. The number of unbranched alkanes of at least 4 members (excludes halogenated alkanes) is 1. The summed E-state index contributed by atoms with van der Waals surface area (Å²) >= 11 is 1.91. The number of halogens is 1. The van der Waals surface area contributed by atoms with Gasteiger partial charge < -0.3 is 15.4 Å². The van der Waals surface area contributed by atoms with Gasteiger partial charge in [-0.2, -0.15) is 11.8 Å². The second kappa shape index (κ2) is 14.8. The molecule has 1 fully saturated rings. The van der Waals surface area contributed by atoms with E-state index in [1.165, 1.54) is 18.6 Å². The van der Waals surface area contributed by atoms with Crippen molar-refractivity contribution in [1.29, 1.82) is 0 Å². The minimum Gasteiger partial charge on any atom is -0.379 e. The minimum absolute atomic E-state index is 0. The van der Waals surface area contributed by atoms with Crippen LogP contribution in [0.4, 0.5) is 0 Å². The molecule has 1 rings (SSSR count). The summed E-state index contributed by atoms with van der Waals surface area (Å²) in [5.41, 5.74) is 0. The third-order valence-electron chi connectivity index (χ3n) is 3.58. The molecule has 1 aliphatic heterocycles. The van der Waals surface area contributed by atoms with Gasteiger partial charge in [0.25, 0.3) is 0 Å². The Morgan fingerprint density at radius 1 is 1.27 bits per heavy atom. The highest BCUT2D eigenvalue weighted by molar-refractivity contribution is 14.0. The van der Waals surface area contributed by atoms with E-state index in [0.717, 1.165) is 51.9 Å². The van der Waals surface area contributed by atoms with Crippen LogP contribution in [0.3, 0.4) is 0 Å². The van der Waals surface area contributed by atoms with Crippen LogP contribution in [-0.4, -0.2) is 75.9 Å². The normalized spacial score (nSPS) is 17.7. The number of rotatable bonds is 9. The van der Waals surface area contributed by atoms with Crippen molar-refractivity contribution in [2.75, 3.05) is 65.0 Å². The Morgan fingerprint density at radius 2 is 2.00 bits per heavy atom. The van der Waals surface area contributed by atoms with E-state index < -0.39 is 0 Å². The van der Waals surface area contributed by atoms with Gasteiger partial charge in [-0.05, 0) is 30.8 Å². The van der Waals surface area contributed by atoms with Crippen LogP contribution < -0.4 is 10.6 Å². The average molecular weight is 444 g/mol. The van der Waals surface area contributed by atoms with Gasteiger partial charge in [0.15, 0.2) is 5.96 Å². The lowest BCUT2D eigenvalue weighted by Gasteiger charge is -2.29. The maximum Gasteiger partial charge on any atom is 0.190 e. The number of morpholine rings is 1. The van der Waals surface area contributed by atoms with Crippen molar-refractivity contribution < 1.29 is 4.74 Å². The first-order valence-corrected chi connectivity index (χ1v) is 9.39. The van der Waals surface area contributed by atoms with E-state index in [4.69, 9.17) is 4.74 Å². The van der Waals surface area contributed by atoms with Crippen LogP contribution in [0, 0.1) is 5.92 Å². The van der Waals surface area contributed by atoms with Gasteiger partial charge in [0.05, 0.1) is 13.2 Å². The van der Waals surface area contributed by atoms with Crippen molar-refractivity contribution in [2.45, 2.75) is 19.8 Å². The van der Waals surface area contributed by atoms with Crippen molar-refractivity contribution in [1.82, 2.24) is 15.5 Å². The van der Waals surface area contributed by atoms with Crippen LogP contribution in [0.15, 0.2) is 4.99 Å². The zero-order valence-corrected chi connectivity index (χ0v) is 17.4. The molecule has 132 valence electrons. The van der Waals surface area contributed by atoms with Crippen molar-refractivity contribution in [3.63, 3.8) is 0 Å². The molecule has 7 heteroatoms. The molecule has 0 aliphatic carbocycles. The van der Waals surface area contributed by atoms with E-state index in [0.29, 0.717) is 5.92 Å². The number of thioether (sulfide) groups is 1. The monoisotopic (exact) mass is 444 g/mol. The largest absolute Gasteiger partial charge is 0.379 e. The van der Waals surface area contributed by atoms with Gasteiger partial charge in [0.1, 0.15) is 0 Å². The molecule has 1 atom stereocenters. The van der Waals surface area contributed by atoms with E-state index in [2.05, 4.69) is 33.7 Å². The van der Waals surface area contributed by atoms with E-state index in [1.807, 2.05) is 18.8 Å². The Hall–Kier alpha value is 0.270. The van der Waals surface area contributed by atoms with Crippen LogP contribution in [0.25, 0.3) is 0 Å². The lowest BCUT2D eigenvalue weighted by atomic mass is 10.1. The molecule has 0 aromatic carbocycles. The summed E-state index contributed by atoms with van der Waals surface area (Å²) in [5, 5.41) is 6.81. The highest BCUT2D eigenvalue weighted by Crippen LogP contribution is 2.02. The van der Waals surface area contributed by atoms with Gasteiger partial charge in [0.2, 0.25) is 0 Å². The molecule has 0 bridgehead atoms. The predicted molar refractivity (Wildman–Crippen MR) is 109 cm³/mol. The number of guanidine groups is 1. The first-order chi connectivity index (χ1) is 10.3. The molecule has 0 radical (unpaired) electrons. The summed E-state index contributed by atoms with van der Waals surface area (Å²) in [7, 11) is 1.84. The number of aliphatic imine (C=N–C) groups is 1. The summed E-state index contributed by atoms with van der Waals surface area (Å²) in [6.07, 6.45) is 4.62. The Kier molecular flexibility index (Phi) is 15.0. The smallest absolute Gasteiger partial charge is 0.190 e. The average Bonchev–Trinajstić information content (AvgIpc) is 2.51. The second-order valence-corrected chi connectivity index (χ2v) is 6.58.